The smallest absolute Gasteiger partial charge is 0.254 e. The van der Waals surface area contributed by atoms with Crippen molar-refractivity contribution in [1.82, 2.24) is 9.88 Å². The van der Waals surface area contributed by atoms with Gasteiger partial charge in [0, 0.05) is 23.2 Å². The van der Waals surface area contributed by atoms with Crippen molar-refractivity contribution in [2.75, 3.05) is 6.61 Å². The van der Waals surface area contributed by atoms with E-state index in [1.807, 2.05) is 69.3 Å². The first-order chi connectivity index (χ1) is 15.9. The zero-order valence-corrected chi connectivity index (χ0v) is 19.2. The number of carbonyl (C=O) groups excluding carboxylic acids is 1. The number of pyridine rings is 1. The molecule has 1 amide bonds. The first-order valence-electron chi connectivity index (χ1n) is 11.1. The number of benzene rings is 3. The fourth-order valence-corrected chi connectivity index (χ4v) is 3.84. The molecule has 1 heterocycles. The van der Waals surface area contributed by atoms with E-state index in [1.165, 1.54) is 0 Å². The van der Waals surface area contributed by atoms with Crippen LogP contribution in [0.3, 0.4) is 0 Å². The number of H-pyrrole nitrogens is 1. The van der Waals surface area contributed by atoms with Gasteiger partial charge in [0.1, 0.15) is 5.75 Å². The van der Waals surface area contributed by atoms with E-state index in [0.717, 1.165) is 33.3 Å². The average molecular weight is 441 g/mol. The Labute approximate surface area is 193 Å². The number of nitrogens with one attached hydrogen (secondary N) is 1. The number of ether oxygens (including phenoxy) is 1. The summed E-state index contributed by atoms with van der Waals surface area (Å²) in [6, 6.07) is 23.0. The molecule has 0 fully saturated rings. The van der Waals surface area contributed by atoms with Crippen molar-refractivity contribution in [3.63, 3.8) is 0 Å². The van der Waals surface area contributed by atoms with Crippen LogP contribution in [0.1, 0.15) is 39.5 Å². The van der Waals surface area contributed by atoms with Crippen molar-refractivity contribution >= 4 is 16.8 Å². The molecule has 0 saturated heterocycles. The molecule has 5 heteroatoms. The third-order valence-electron chi connectivity index (χ3n) is 5.63. The van der Waals surface area contributed by atoms with Gasteiger partial charge in [-0.1, -0.05) is 42.0 Å². The van der Waals surface area contributed by atoms with Crippen LogP contribution in [0, 0.1) is 13.8 Å². The molecule has 1 N–H and O–H groups in total. The summed E-state index contributed by atoms with van der Waals surface area (Å²) in [5, 5.41) is 0.944. The molecule has 0 saturated carbocycles. The first kappa shape index (κ1) is 22.3. The molecule has 0 atom stereocenters. The fourth-order valence-electron chi connectivity index (χ4n) is 3.84. The van der Waals surface area contributed by atoms with Crippen molar-refractivity contribution in [3.05, 3.63) is 111 Å². The van der Waals surface area contributed by atoms with Gasteiger partial charge >= 0.3 is 0 Å². The molecular weight excluding hydrogens is 412 g/mol. The van der Waals surface area contributed by atoms with Crippen molar-refractivity contribution < 1.29 is 9.53 Å². The SMILES string of the molecule is CCOc1ccc(C(=O)N(Cc2ccc(C)cc2)Cc2cc3ccc(C)cc3[nH]c2=O)cc1. The molecule has 3 aromatic carbocycles. The summed E-state index contributed by atoms with van der Waals surface area (Å²) >= 11 is 0. The molecular formula is C28H28N2O3. The monoisotopic (exact) mass is 440 g/mol. The Bertz CT molecular complexity index is 1320. The Morgan fingerprint density at radius 1 is 0.879 bits per heavy atom. The predicted octanol–water partition coefficient (Wildman–Crippen LogP) is 5.39. The minimum atomic E-state index is -0.179. The number of aryl methyl sites for hydroxylation is 2. The molecule has 0 aliphatic carbocycles. The number of nitrogens with zero attached hydrogens (tertiary/aromatic N) is 1. The van der Waals surface area contributed by atoms with Crippen LogP contribution in [0.25, 0.3) is 10.9 Å². The maximum absolute atomic E-state index is 13.5. The molecule has 4 aromatic rings. The quantitative estimate of drug-likeness (QED) is 0.419. The van der Waals surface area contributed by atoms with E-state index >= 15 is 0 Å². The molecule has 0 aliphatic heterocycles. The summed E-state index contributed by atoms with van der Waals surface area (Å²) in [7, 11) is 0. The lowest BCUT2D eigenvalue weighted by Gasteiger charge is -2.23. The highest BCUT2D eigenvalue weighted by Crippen LogP contribution is 2.19. The molecule has 5 nitrogen and oxygen atoms in total. The molecule has 0 unspecified atom stereocenters. The highest BCUT2D eigenvalue weighted by atomic mass is 16.5. The zero-order chi connectivity index (χ0) is 23.4. The number of amides is 1. The first-order valence-corrected chi connectivity index (χ1v) is 11.1. The number of fused-ring (bicyclic) bond motifs is 1. The van der Waals surface area contributed by atoms with Gasteiger partial charge in [0.15, 0.2) is 0 Å². The van der Waals surface area contributed by atoms with Crippen molar-refractivity contribution in [2.24, 2.45) is 0 Å². The fraction of sp³-hybridized carbons (Fsp3) is 0.214. The van der Waals surface area contributed by atoms with Crippen LogP contribution in [-0.4, -0.2) is 22.4 Å². The summed E-state index contributed by atoms with van der Waals surface area (Å²) in [6.45, 7) is 7.12. The Kier molecular flexibility index (Phi) is 6.59. The van der Waals surface area contributed by atoms with Gasteiger partial charge in [-0.3, -0.25) is 9.59 Å². The van der Waals surface area contributed by atoms with E-state index in [9.17, 15) is 9.59 Å². The molecule has 0 radical (unpaired) electrons. The Morgan fingerprint density at radius 3 is 2.27 bits per heavy atom. The highest BCUT2D eigenvalue weighted by molar-refractivity contribution is 5.94. The van der Waals surface area contributed by atoms with Crippen molar-refractivity contribution in [2.45, 2.75) is 33.9 Å². The van der Waals surface area contributed by atoms with Crippen LogP contribution in [0.2, 0.25) is 0 Å². The van der Waals surface area contributed by atoms with Crippen molar-refractivity contribution in [1.29, 1.82) is 0 Å². The second kappa shape index (κ2) is 9.74. The van der Waals surface area contributed by atoms with Gasteiger partial charge in [-0.25, -0.2) is 0 Å². The van der Waals surface area contributed by atoms with Gasteiger partial charge in [-0.15, -0.1) is 0 Å². The molecule has 1 aromatic heterocycles. The Balaban J connectivity index is 1.67. The van der Waals surface area contributed by atoms with Gasteiger partial charge in [-0.2, -0.15) is 0 Å². The average Bonchev–Trinajstić information content (AvgIpc) is 2.81. The number of hydrogen-bond donors (Lipinski definition) is 1. The summed E-state index contributed by atoms with van der Waals surface area (Å²) < 4.78 is 5.50. The summed E-state index contributed by atoms with van der Waals surface area (Å²) in [5.41, 5.74) is 4.97. The number of aromatic amines is 1. The van der Waals surface area contributed by atoms with Gasteiger partial charge < -0.3 is 14.6 Å². The maximum atomic E-state index is 13.5. The maximum Gasteiger partial charge on any atom is 0.254 e. The standard InChI is InChI=1S/C28H28N2O3/c1-4-33-25-13-11-22(12-14-25)28(32)30(17-21-8-5-19(2)6-9-21)18-24-16-23-10-7-20(3)15-26(23)29-27(24)31/h5-16H,4,17-18H2,1-3H3,(H,29,31). The van der Waals surface area contributed by atoms with E-state index in [1.54, 1.807) is 29.2 Å². The van der Waals surface area contributed by atoms with E-state index < -0.39 is 0 Å². The largest absolute Gasteiger partial charge is 0.494 e. The van der Waals surface area contributed by atoms with E-state index in [2.05, 4.69) is 4.98 Å². The molecule has 0 bridgehead atoms. The van der Waals surface area contributed by atoms with Gasteiger partial charge in [-0.05, 0) is 73.7 Å². The third kappa shape index (κ3) is 5.32. The number of carbonyl (C=O) groups is 1. The van der Waals surface area contributed by atoms with Crippen LogP contribution in [0.5, 0.6) is 5.75 Å². The molecule has 0 spiro atoms. The van der Waals surface area contributed by atoms with E-state index in [-0.39, 0.29) is 18.0 Å². The highest BCUT2D eigenvalue weighted by Gasteiger charge is 2.19. The van der Waals surface area contributed by atoms with Crippen LogP contribution in [-0.2, 0) is 13.1 Å². The van der Waals surface area contributed by atoms with Crippen LogP contribution >= 0.6 is 0 Å². The van der Waals surface area contributed by atoms with Crippen molar-refractivity contribution in [3.8, 4) is 5.75 Å². The summed E-state index contributed by atoms with van der Waals surface area (Å²) in [6.07, 6.45) is 0. The molecule has 0 aliphatic rings. The van der Waals surface area contributed by atoms with Gasteiger partial charge in [0.05, 0.1) is 13.2 Å². The molecule has 4 rings (SSSR count). The molecule has 168 valence electrons. The number of hydrogen-bond acceptors (Lipinski definition) is 3. The van der Waals surface area contributed by atoms with Gasteiger partial charge in [0.25, 0.3) is 11.5 Å². The lowest BCUT2D eigenvalue weighted by molar-refractivity contribution is 0.0729. The minimum Gasteiger partial charge on any atom is -0.494 e. The lowest BCUT2D eigenvalue weighted by atomic mass is 10.1. The van der Waals surface area contributed by atoms with E-state index in [4.69, 9.17) is 4.74 Å². The predicted molar refractivity (Wildman–Crippen MR) is 132 cm³/mol. The second-order valence-corrected chi connectivity index (χ2v) is 8.32. The number of aromatic nitrogens is 1. The second-order valence-electron chi connectivity index (χ2n) is 8.32. The van der Waals surface area contributed by atoms with E-state index in [0.29, 0.717) is 24.3 Å². The van der Waals surface area contributed by atoms with Crippen LogP contribution in [0.4, 0.5) is 0 Å². The minimum absolute atomic E-state index is 0.137. The normalized spacial score (nSPS) is 10.9. The topological polar surface area (TPSA) is 62.4 Å². The van der Waals surface area contributed by atoms with Crippen LogP contribution in [0.15, 0.2) is 77.6 Å². The summed E-state index contributed by atoms with van der Waals surface area (Å²) in [4.78, 5) is 31.0. The Morgan fingerprint density at radius 2 is 1.58 bits per heavy atom. The molecule has 33 heavy (non-hydrogen) atoms. The number of rotatable bonds is 7. The zero-order valence-electron chi connectivity index (χ0n) is 19.2. The lowest BCUT2D eigenvalue weighted by Crippen LogP contribution is -2.32. The van der Waals surface area contributed by atoms with Gasteiger partial charge in [0.2, 0.25) is 0 Å². The third-order valence-corrected chi connectivity index (χ3v) is 5.63. The van der Waals surface area contributed by atoms with Crippen LogP contribution < -0.4 is 10.3 Å². The summed E-state index contributed by atoms with van der Waals surface area (Å²) in [5.74, 6) is 0.586. The Hall–Kier alpha value is -3.86.